The van der Waals surface area contributed by atoms with Crippen LogP contribution in [0.2, 0.25) is 0 Å². The molecule has 2 unspecified atom stereocenters. The monoisotopic (exact) mass is 860 g/mol. The van der Waals surface area contributed by atoms with Gasteiger partial charge in [-0.05, 0) is 77.0 Å². The number of allylic oxidation sites excluding steroid dienone is 16. The molecule has 0 fully saturated rings. The normalized spacial score (nSPS) is 13.7. The van der Waals surface area contributed by atoms with E-state index in [1.54, 1.807) is 0 Å². The van der Waals surface area contributed by atoms with Crippen molar-refractivity contribution in [3.63, 3.8) is 0 Å². The number of hydrogen-bond acceptors (Lipinski definition) is 3. The molecule has 2 atom stereocenters. The Labute approximate surface area is 385 Å². The van der Waals surface area contributed by atoms with Gasteiger partial charge in [0.1, 0.15) is 0 Å². The van der Waals surface area contributed by atoms with E-state index in [0.717, 1.165) is 77.0 Å². The lowest BCUT2D eigenvalue weighted by molar-refractivity contribution is -0.123. The summed E-state index contributed by atoms with van der Waals surface area (Å²) in [6.45, 7) is 4.23. The average Bonchev–Trinajstić information content (AvgIpc) is 3.28. The van der Waals surface area contributed by atoms with Gasteiger partial charge in [-0.25, -0.2) is 0 Å². The van der Waals surface area contributed by atoms with Gasteiger partial charge in [-0.3, -0.25) is 4.79 Å². The van der Waals surface area contributed by atoms with Crippen molar-refractivity contribution in [3.8, 4) is 0 Å². The van der Waals surface area contributed by atoms with Crippen LogP contribution in [0, 0.1) is 0 Å². The molecule has 0 heterocycles. The van der Waals surface area contributed by atoms with Gasteiger partial charge in [0.05, 0.1) is 18.8 Å². The lowest BCUT2D eigenvalue weighted by Gasteiger charge is -2.22. The standard InChI is InChI=1S/C58H101NO3/c1-3-5-7-9-11-13-15-16-17-18-19-20-21-22-23-24-25-26-27-28-29-30-31-32-33-34-35-36-37-38-39-40-41-42-44-46-48-50-52-54-58(62)59-56(55-60)57(61)53-51-49-47-45-43-14-12-10-8-6-4-2/h5,7,11,13,16-17,19-20,22-23,25-26,28-29,31-32,56-57,60-61H,3-4,6,8-10,12,14-15,18,21,24,27,30,33-55H2,1-2H3,(H,59,62)/b7-5-,13-11-,17-16-,20-19-,23-22-,26-25-,29-28-,32-31-. The highest BCUT2D eigenvalue weighted by atomic mass is 16.3. The molecule has 62 heavy (non-hydrogen) atoms. The Balaban J connectivity index is 3.51. The second kappa shape index (κ2) is 52.7. The minimum absolute atomic E-state index is 0.0359. The number of aliphatic hydroxyl groups excluding tert-OH is 2. The number of amides is 1. The van der Waals surface area contributed by atoms with Gasteiger partial charge in [0.2, 0.25) is 5.91 Å². The number of carbonyl (C=O) groups is 1. The summed E-state index contributed by atoms with van der Waals surface area (Å²) in [4.78, 5) is 12.4. The Hall–Kier alpha value is -2.69. The van der Waals surface area contributed by atoms with Crippen molar-refractivity contribution in [1.82, 2.24) is 5.32 Å². The third kappa shape index (κ3) is 48.3. The van der Waals surface area contributed by atoms with Crippen LogP contribution in [0.4, 0.5) is 0 Å². The highest BCUT2D eigenvalue weighted by Crippen LogP contribution is 2.16. The largest absolute Gasteiger partial charge is 0.394 e. The van der Waals surface area contributed by atoms with Crippen molar-refractivity contribution in [2.24, 2.45) is 0 Å². The topological polar surface area (TPSA) is 69.6 Å². The van der Waals surface area contributed by atoms with Crippen LogP contribution in [0.3, 0.4) is 0 Å². The number of unbranched alkanes of at least 4 members (excludes halogenated alkanes) is 24. The van der Waals surface area contributed by atoms with Crippen LogP contribution in [0.25, 0.3) is 0 Å². The lowest BCUT2D eigenvalue weighted by Crippen LogP contribution is -2.45. The first kappa shape index (κ1) is 59.3. The van der Waals surface area contributed by atoms with E-state index in [-0.39, 0.29) is 12.5 Å². The summed E-state index contributed by atoms with van der Waals surface area (Å²) in [7, 11) is 0. The van der Waals surface area contributed by atoms with Crippen LogP contribution in [0.1, 0.15) is 245 Å². The molecule has 4 heteroatoms. The van der Waals surface area contributed by atoms with E-state index < -0.39 is 12.1 Å². The van der Waals surface area contributed by atoms with Crippen LogP contribution in [-0.4, -0.2) is 34.9 Å². The maximum absolute atomic E-state index is 12.4. The predicted octanol–water partition coefficient (Wildman–Crippen LogP) is 17.4. The Morgan fingerprint density at radius 3 is 1.06 bits per heavy atom. The third-order valence-corrected chi connectivity index (χ3v) is 11.6. The van der Waals surface area contributed by atoms with E-state index in [1.165, 1.54) is 141 Å². The summed E-state index contributed by atoms with van der Waals surface area (Å²) in [5.74, 6) is -0.0359. The fourth-order valence-corrected chi connectivity index (χ4v) is 7.61. The zero-order valence-electron chi connectivity index (χ0n) is 40.9. The van der Waals surface area contributed by atoms with Gasteiger partial charge in [-0.1, -0.05) is 259 Å². The number of aliphatic hydroxyl groups is 2. The fourth-order valence-electron chi connectivity index (χ4n) is 7.61. The molecule has 0 rings (SSSR count). The van der Waals surface area contributed by atoms with Gasteiger partial charge < -0.3 is 15.5 Å². The fraction of sp³-hybridized carbons (Fsp3) is 0.707. The van der Waals surface area contributed by atoms with Gasteiger partial charge in [0.25, 0.3) is 0 Å². The summed E-state index contributed by atoms with van der Waals surface area (Å²) in [5, 5.41) is 23.2. The summed E-state index contributed by atoms with van der Waals surface area (Å²) >= 11 is 0. The molecule has 0 aliphatic rings. The van der Waals surface area contributed by atoms with Crippen LogP contribution in [-0.2, 0) is 4.79 Å². The molecule has 1 amide bonds. The molecular formula is C58H101NO3. The second-order valence-electron chi connectivity index (χ2n) is 17.6. The molecule has 0 aromatic carbocycles. The van der Waals surface area contributed by atoms with Crippen molar-refractivity contribution in [2.75, 3.05) is 6.61 Å². The quantitative estimate of drug-likeness (QED) is 0.0422. The molecule has 356 valence electrons. The number of carbonyl (C=O) groups excluding carboxylic acids is 1. The van der Waals surface area contributed by atoms with E-state index in [4.69, 9.17) is 0 Å². The van der Waals surface area contributed by atoms with Gasteiger partial charge in [-0.15, -0.1) is 0 Å². The molecule has 0 aliphatic heterocycles. The summed E-state index contributed by atoms with van der Waals surface area (Å²) in [6.07, 6.45) is 78.1. The van der Waals surface area contributed by atoms with Crippen LogP contribution in [0.15, 0.2) is 97.2 Å². The van der Waals surface area contributed by atoms with E-state index in [2.05, 4.69) is 116 Å². The Morgan fingerprint density at radius 1 is 0.403 bits per heavy atom. The smallest absolute Gasteiger partial charge is 0.220 e. The van der Waals surface area contributed by atoms with Gasteiger partial charge in [0, 0.05) is 6.42 Å². The number of rotatable bonds is 47. The van der Waals surface area contributed by atoms with E-state index in [0.29, 0.717) is 12.8 Å². The Kier molecular flexibility index (Phi) is 50.4. The maximum Gasteiger partial charge on any atom is 0.220 e. The predicted molar refractivity (Wildman–Crippen MR) is 276 cm³/mol. The number of hydrogen-bond donors (Lipinski definition) is 3. The van der Waals surface area contributed by atoms with Crippen LogP contribution in [0.5, 0.6) is 0 Å². The highest BCUT2D eigenvalue weighted by molar-refractivity contribution is 5.76. The molecule has 0 aromatic heterocycles. The van der Waals surface area contributed by atoms with Crippen molar-refractivity contribution in [3.05, 3.63) is 97.2 Å². The summed E-state index contributed by atoms with van der Waals surface area (Å²) in [5.41, 5.74) is 0. The maximum atomic E-state index is 12.4. The lowest BCUT2D eigenvalue weighted by atomic mass is 10.0. The molecule has 4 nitrogen and oxygen atoms in total. The zero-order chi connectivity index (χ0) is 44.9. The molecule has 0 bridgehead atoms. The summed E-state index contributed by atoms with van der Waals surface area (Å²) in [6, 6.07) is -0.539. The van der Waals surface area contributed by atoms with Gasteiger partial charge in [0.15, 0.2) is 0 Å². The minimum atomic E-state index is -0.662. The van der Waals surface area contributed by atoms with E-state index >= 15 is 0 Å². The van der Waals surface area contributed by atoms with Gasteiger partial charge >= 0.3 is 0 Å². The third-order valence-electron chi connectivity index (χ3n) is 11.6. The van der Waals surface area contributed by atoms with Crippen molar-refractivity contribution in [1.29, 1.82) is 0 Å². The molecule has 0 saturated carbocycles. The van der Waals surface area contributed by atoms with Crippen LogP contribution < -0.4 is 5.32 Å². The van der Waals surface area contributed by atoms with Gasteiger partial charge in [-0.2, -0.15) is 0 Å². The van der Waals surface area contributed by atoms with Crippen LogP contribution >= 0.6 is 0 Å². The number of nitrogens with one attached hydrogen (secondary N) is 1. The molecule has 0 aromatic rings. The first-order chi connectivity index (χ1) is 30.7. The van der Waals surface area contributed by atoms with E-state index in [9.17, 15) is 15.0 Å². The SMILES string of the molecule is CC/C=C\C/C=C\C/C=C\C/C=C\C/C=C\C/C=C\C/C=C\C/C=C\CCCCCCCCCCCCCCCCC(=O)NC(CO)C(O)CCCCCCCCCCCCC. The molecule has 0 spiro atoms. The molecule has 3 N–H and O–H groups in total. The molecule has 0 aliphatic carbocycles. The average molecular weight is 860 g/mol. The van der Waals surface area contributed by atoms with Crippen molar-refractivity contribution >= 4 is 5.91 Å². The first-order valence-electron chi connectivity index (χ1n) is 26.4. The first-order valence-corrected chi connectivity index (χ1v) is 26.4. The van der Waals surface area contributed by atoms with Crippen molar-refractivity contribution < 1.29 is 15.0 Å². The van der Waals surface area contributed by atoms with E-state index in [1.807, 2.05) is 0 Å². The minimum Gasteiger partial charge on any atom is -0.394 e. The molecule has 0 saturated heterocycles. The molecular weight excluding hydrogens is 759 g/mol. The Bertz CT molecular complexity index is 1160. The molecule has 0 radical (unpaired) electrons. The van der Waals surface area contributed by atoms with Crippen molar-refractivity contribution in [2.45, 2.75) is 257 Å². The zero-order valence-corrected chi connectivity index (χ0v) is 40.9. The summed E-state index contributed by atoms with van der Waals surface area (Å²) < 4.78 is 0. The Morgan fingerprint density at radius 2 is 0.710 bits per heavy atom. The highest BCUT2D eigenvalue weighted by Gasteiger charge is 2.20. The second-order valence-corrected chi connectivity index (χ2v) is 17.6.